The van der Waals surface area contributed by atoms with Crippen LogP contribution < -0.4 is 0 Å². The van der Waals surface area contributed by atoms with Gasteiger partial charge < -0.3 is 5.11 Å². The fourth-order valence-corrected chi connectivity index (χ4v) is 2.55. The van der Waals surface area contributed by atoms with Gasteiger partial charge in [-0.25, -0.2) is 4.39 Å². The van der Waals surface area contributed by atoms with Crippen LogP contribution >= 0.6 is 0 Å². The molecule has 2 unspecified atom stereocenters. The Morgan fingerprint density at radius 2 is 2.05 bits per heavy atom. The summed E-state index contributed by atoms with van der Waals surface area (Å²) in [6, 6.07) is 6.72. The van der Waals surface area contributed by atoms with Gasteiger partial charge in [0.25, 0.3) is 0 Å². The minimum Gasteiger partial charge on any atom is -0.481 e. The van der Waals surface area contributed by atoms with Crippen molar-refractivity contribution in [1.29, 1.82) is 0 Å². The Kier molecular flexibility index (Phi) is 5.96. The summed E-state index contributed by atoms with van der Waals surface area (Å²) in [5.74, 6) is -1.02. The van der Waals surface area contributed by atoms with E-state index in [-0.39, 0.29) is 24.3 Å². The fraction of sp³-hybridized carbons (Fsp3) is 0.533. The van der Waals surface area contributed by atoms with E-state index in [2.05, 4.69) is 4.90 Å². The van der Waals surface area contributed by atoms with Crippen LogP contribution in [0.15, 0.2) is 24.3 Å². The van der Waals surface area contributed by atoms with E-state index in [0.29, 0.717) is 0 Å². The van der Waals surface area contributed by atoms with Crippen molar-refractivity contribution >= 4 is 5.97 Å². The van der Waals surface area contributed by atoms with Crippen molar-refractivity contribution in [2.45, 2.75) is 45.7 Å². The topological polar surface area (TPSA) is 40.5 Å². The summed E-state index contributed by atoms with van der Waals surface area (Å²) < 4.78 is 13.1. The summed E-state index contributed by atoms with van der Waals surface area (Å²) in [6.07, 6.45) is 0.844. The van der Waals surface area contributed by atoms with Crippen LogP contribution in [0.4, 0.5) is 4.39 Å². The zero-order chi connectivity index (χ0) is 14.4. The molecule has 0 aliphatic heterocycles. The molecule has 4 heteroatoms. The van der Waals surface area contributed by atoms with Gasteiger partial charge in [0.15, 0.2) is 0 Å². The van der Waals surface area contributed by atoms with Crippen molar-refractivity contribution in [3.05, 3.63) is 35.6 Å². The number of likely N-dealkylation sites (N-methyl/N-ethyl adjacent to an activating group) is 1. The van der Waals surface area contributed by atoms with Gasteiger partial charge in [0.2, 0.25) is 0 Å². The lowest BCUT2D eigenvalue weighted by molar-refractivity contribution is -0.138. The Bertz CT molecular complexity index is 422. The largest absolute Gasteiger partial charge is 0.481 e. The summed E-state index contributed by atoms with van der Waals surface area (Å²) in [4.78, 5) is 12.9. The van der Waals surface area contributed by atoms with Crippen molar-refractivity contribution < 1.29 is 14.3 Å². The van der Waals surface area contributed by atoms with Gasteiger partial charge in [-0.05, 0) is 44.5 Å². The Morgan fingerprint density at radius 3 is 2.58 bits per heavy atom. The summed E-state index contributed by atoms with van der Waals surface area (Å²) in [7, 11) is 0. The van der Waals surface area contributed by atoms with Crippen molar-refractivity contribution in [2.24, 2.45) is 0 Å². The second-order valence-corrected chi connectivity index (χ2v) is 4.96. The summed E-state index contributed by atoms with van der Waals surface area (Å²) >= 11 is 0. The number of hydrogen-bond acceptors (Lipinski definition) is 2. The maximum atomic E-state index is 13.1. The summed E-state index contributed by atoms with van der Waals surface area (Å²) in [6.45, 7) is 6.76. The van der Waals surface area contributed by atoms with Crippen LogP contribution in [0.5, 0.6) is 0 Å². The standard InChI is InChI=1S/C15H22FNO2/c1-4-17(12(3)9-15(18)19)11(2)8-13-6-5-7-14(16)10-13/h5-7,10-12H,4,8-9H2,1-3H3,(H,18,19). The summed E-state index contributed by atoms with van der Waals surface area (Å²) in [5, 5.41) is 8.86. The average Bonchev–Trinajstić information content (AvgIpc) is 2.28. The lowest BCUT2D eigenvalue weighted by Gasteiger charge is -2.33. The fourth-order valence-electron chi connectivity index (χ4n) is 2.55. The second kappa shape index (κ2) is 7.24. The number of benzene rings is 1. The van der Waals surface area contributed by atoms with Gasteiger partial charge in [-0.3, -0.25) is 9.69 Å². The molecule has 1 aromatic rings. The van der Waals surface area contributed by atoms with E-state index in [4.69, 9.17) is 5.11 Å². The molecule has 0 saturated carbocycles. The van der Waals surface area contributed by atoms with Crippen molar-refractivity contribution in [3.8, 4) is 0 Å². The highest BCUT2D eigenvalue weighted by Gasteiger charge is 2.20. The number of carboxylic acids is 1. The van der Waals surface area contributed by atoms with Gasteiger partial charge in [-0.15, -0.1) is 0 Å². The molecule has 0 radical (unpaired) electrons. The molecule has 0 aliphatic carbocycles. The first-order valence-electron chi connectivity index (χ1n) is 6.66. The van der Waals surface area contributed by atoms with Crippen LogP contribution in [-0.2, 0) is 11.2 Å². The van der Waals surface area contributed by atoms with Crippen LogP contribution in [0.1, 0.15) is 32.8 Å². The number of nitrogens with zero attached hydrogens (tertiary/aromatic N) is 1. The first kappa shape index (κ1) is 15.6. The number of aliphatic carboxylic acids is 1. The molecule has 0 fully saturated rings. The van der Waals surface area contributed by atoms with Gasteiger partial charge in [0.1, 0.15) is 5.82 Å². The van der Waals surface area contributed by atoms with Crippen LogP contribution in [0.3, 0.4) is 0 Å². The Balaban J connectivity index is 2.68. The molecule has 106 valence electrons. The zero-order valence-electron chi connectivity index (χ0n) is 11.8. The minimum atomic E-state index is -0.788. The Morgan fingerprint density at radius 1 is 1.37 bits per heavy atom. The normalized spacial score (nSPS) is 14.4. The molecule has 1 N–H and O–H groups in total. The first-order valence-corrected chi connectivity index (χ1v) is 6.66. The molecule has 1 rings (SSSR count). The van der Waals surface area contributed by atoms with E-state index in [1.165, 1.54) is 12.1 Å². The lowest BCUT2D eigenvalue weighted by Crippen LogP contribution is -2.42. The smallest absolute Gasteiger partial charge is 0.304 e. The highest BCUT2D eigenvalue weighted by molar-refractivity contribution is 5.67. The SMILES string of the molecule is CCN(C(C)CC(=O)O)C(C)Cc1cccc(F)c1. The number of rotatable bonds is 7. The lowest BCUT2D eigenvalue weighted by atomic mass is 10.0. The second-order valence-electron chi connectivity index (χ2n) is 4.96. The number of hydrogen-bond donors (Lipinski definition) is 1. The van der Waals surface area contributed by atoms with Gasteiger partial charge in [0, 0.05) is 12.1 Å². The van der Waals surface area contributed by atoms with Gasteiger partial charge in [0.05, 0.1) is 6.42 Å². The van der Waals surface area contributed by atoms with Crippen LogP contribution in [0, 0.1) is 5.82 Å². The van der Waals surface area contributed by atoms with Crippen molar-refractivity contribution in [1.82, 2.24) is 4.90 Å². The molecule has 0 spiro atoms. The highest BCUT2D eigenvalue weighted by atomic mass is 19.1. The van der Waals surface area contributed by atoms with E-state index in [1.807, 2.05) is 26.8 Å². The molecule has 0 amide bonds. The van der Waals surface area contributed by atoms with Crippen molar-refractivity contribution in [2.75, 3.05) is 6.54 Å². The molecular weight excluding hydrogens is 245 g/mol. The number of carboxylic acid groups (broad SMARTS) is 1. The van der Waals surface area contributed by atoms with E-state index in [1.54, 1.807) is 6.07 Å². The molecule has 0 aliphatic rings. The third-order valence-electron chi connectivity index (χ3n) is 3.39. The Hall–Kier alpha value is -1.42. The van der Waals surface area contributed by atoms with Crippen LogP contribution in [-0.4, -0.2) is 34.6 Å². The molecule has 0 bridgehead atoms. The van der Waals surface area contributed by atoms with E-state index < -0.39 is 5.97 Å². The van der Waals surface area contributed by atoms with Gasteiger partial charge >= 0.3 is 5.97 Å². The number of halogens is 1. The van der Waals surface area contributed by atoms with Crippen LogP contribution in [0.2, 0.25) is 0 Å². The zero-order valence-corrected chi connectivity index (χ0v) is 11.8. The molecule has 2 atom stereocenters. The molecule has 0 heterocycles. The van der Waals surface area contributed by atoms with Gasteiger partial charge in [-0.2, -0.15) is 0 Å². The quantitative estimate of drug-likeness (QED) is 0.825. The first-order chi connectivity index (χ1) is 8.93. The average molecular weight is 267 g/mol. The Labute approximate surface area is 114 Å². The van der Waals surface area contributed by atoms with Crippen molar-refractivity contribution in [3.63, 3.8) is 0 Å². The maximum Gasteiger partial charge on any atom is 0.304 e. The molecule has 3 nitrogen and oxygen atoms in total. The molecule has 0 saturated heterocycles. The van der Waals surface area contributed by atoms with E-state index in [0.717, 1.165) is 18.5 Å². The predicted molar refractivity (Wildman–Crippen MR) is 73.7 cm³/mol. The van der Waals surface area contributed by atoms with Crippen LogP contribution in [0.25, 0.3) is 0 Å². The molecule has 1 aromatic carbocycles. The molecule has 0 aromatic heterocycles. The third-order valence-corrected chi connectivity index (χ3v) is 3.39. The van der Waals surface area contributed by atoms with E-state index in [9.17, 15) is 9.18 Å². The monoisotopic (exact) mass is 267 g/mol. The summed E-state index contributed by atoms with van der Waals surface area (Å²) in [5.41, 5.74) is 0.938. The van der Waals surface area contributed by atoms with E-state index >= 15 is 0 Å². The third kappa shape index (κ3) is 4.99. The minimum absolute atomic E-state index is 0.0222. The molecular formula is C15H22FNO2. The maximum absolute atomic E-state index is 13.1. The molecule has 19 heavy (non-hydrogen) atoms. The van der Waals surface area contributed by atoms with Gasteiger partial charge in [-0.1, -0.05) is 19.1 Å². The number of carbonyl (C=O) groups is 1. The highest BCUT2D eigenvalue weighted by Crippen LogP contribution is 2.14. The predicted octanol–water partition coefficient (Wildman–Crippen LogP) is 2.94.